The number of rotatable bonds is 9. The summed E-state index contributed by atoms with van der Waals surface area (Å²) in [5.41, 5.74) is 2.47. The minimum Gasteiger partial charge on any atom is -0.350 e. The van der Waals surface area contributed by atoms with E-state index in [1.165, 1.54) is 0 Å². The molecule has 0 aromatic heterocycles. The number of nitrogens with one attached hydrogen (secondary N) is 2. The molecule has 2 N–H and O–H groups in total. The van der Waals surface area contributed by atoms with Gasteiger partial charge in [0.1, 0.15) is 0 Å². The quantitative estimate of drug-likeness (QED) is 0.654. The Balaban J connectivity index is 2.04. The van der Waals surface area contributed by atoms with Gasteiger partial charge in [-0.1, -0.05) is 26.0 Å². The third-order valence-corrected chi connectivity index (χ3v) is 6.55. The van der Waals surface area contributed by atoms with Gasteiger partial charge in [0.15, 0.2) is 0 Å². The predicted octanol–water partition coefficient (Wildman–Crippen LogP) is 3.56. The van der Waals surface area contributed by atoms with Crippen LogP contribution >= 0.6 is 0 Å². The molecule has 7 heteroatoms. The number of carbonyl (C=O) groups is 1. The summed E-state index contributed by atoms with van der Waals surface area (Å²) in [5, 5.41) is 2.94. The van der Waals surface area contributed by atoms with E-state index in [1.54, 1.807) is 43.3 Å². The lowest BCUT2D eigenvalue weighted by atomic mass is 10.2. The number of hydrogen-bond acceptors (Lipinski definition) is 4. The zero-order valence-corrected chi connectivity index (χ0v) is 18.6. The summed E-state index contributed by atoms with van der Waals surface area (Å²) >= 11 is 0. The Morgan fingerprint density at radius 2 is 1.66 bits per heavy atom. The Morgan fingerprint density at radius 3 is 2.24 bits per heavy atom. The number of hydrogen-bond donors (Lipinski definition) is 2. The van der Waals surface area contributed by atoms with Crippen molar-refractivity contribution < 1.29 is 13.2 Å². The monoisotopic (exact) mass is 417 g/mol. The van der Waals surface area contributed by atoms with E-state index in [4.69, 9.17) is 0 Å². The van der Waals surface area contributed by atoms with Crippen molar-refractivity contribution >= 4 is 21.6 Å². The van der Waals surface area contributed by atoms with Crippen LogP contribution in [0.25, 0.3) is 0 Å². The third-order valence-electron chi connectivity index (χ3n) is 5.03. The Hall–Kier alpha value is -2.38. The van der Waals surface area contributed by atoms with Crippen LogP contribution in [0.2, 0.25) is 0 Å². The van der Waals surface area contributed by atoms with Gasteiger partial charge in [-0.15, -0.1) is 0 Å². The zero-order valence-electron chi connectivity index (χ0n) is 17.8. The molecule has 0 aliphatic heterocycles. The average molecular weight is 418 g/mol. The van der Waals surface area contributed by atoms with Crippen LogP contribution in [0.15, 0.2) is 47.4 Å². The van der Waals surface area contributed by atoms with E-state index in [1.807, 2.05) is 13.0 Å². The lowest BCUT2D eigenvalue weighted by molar-refractivity contribution is 0.0938. The highest BCUT2D eigenvalue weighted by Gasteiger charge is 2.18. The maximum atomic E-state index is 12.7. The highest BCUT2D eigenvalue weighted by Crippen LogP contribution is 2.21. The van der Waals surface area contributed by atoms with Crippen molar-refractivity contribution in [2.45, 2.75) is 45.6 Å². The Kier molecular flexibility index (Phi) is 7.81. The fraction of sp³-hybridized carbons (Fsp3) is 0.409. The largest absolute Gasteiger partial charge is 0.350 e. The van der Waals surface area contributed by atoms with Crippen molar-refractivity contribution in [3.8, 4) is 0 Å². The van der Waals surface area contributed by atoms with Gasteiger partial charge in [0.25, 0.3) is 15.9 Å². The molecule has 1 amide bonds. The van der Waals surface area contributed by atoms with Gasteiger partial charge in [-0.3, -0.25) is 14.4 Å². The van der Waals surface area contributed by atoms with E-state index in [9.17, 15) is 13.2 Å². The number of nitrogens with zero attached hydrogens (tertiary/aromatic N) is 1. The second-order valence-corrected chi connectivity index (χ2v) is 8.88. The van der Waals surface area contributed by atoms with Crippen LogP contribution in [0.3, 0.4) is 0 Å². The van der Waals surface area contributed by atoms with Crippen molar-refractivity contribution in [3.05, 3.63) is 59.2 Å². The minimum atomic E-state index is -3.69. The molecule has 1 unspecified atom stereocenters. The predicted molar refractivity (Wildman–Crippen MR) is 118 cm³/mol. The molecule has 1 atom stereocenters. The molecule has 2 aromatic carbocycles. The van der Waals surface area contributed by atoms with E-state index in [0.29, 0.717) is 23.4 Å². The SMILES string of the molecule is CCN(CC)C(C)CNC(=O)c1ccc(NS(=O)(=O)c2cc(C)ccc2C)cc1. The number of benzene rings is 2. The molecule has 0 aliphatic carbocycles. The van der Waals surface area contributed by atoms with Gasteiger partial charge in [0, 0.05) is 23.8 Å². The summed E-state index contributed by atoms with van der Waals surface area (Å²) in [6, 6.07) is 12.0. The van der Waals surface area contributed by atoms with Gasteiger partial charge in [-0.05, 0) is 75.3 Å². The molecule has 0 bridgehead atoms. The smallest absolute Gasteiger partial charge is 0.262 e. The van der Waals surface area contributed by atoms with Crippen molar-refractivity contribution in [1.82, 2.24) is 10.2 Å². The Morgan fingerprint density at radius 1 is 1.03 bits per heavy atom. The summed E-state index contributed by atoms with van der Waals surface area (Å²) < 4.78 is 28.0. The van der Waals surface area contributed by atoms with Crippen LogP contribution in [0, 0.1) is 13.8 Å². The molecule has 158 valence electrons. The number of carbonyl (C=O) groups excluding carboxylic acids is 1. The van der Waals surface area contributed by atoms with Gasteiger partial charge >= 0.3 is 0 Å². The molecule has 0 fully saturated rings. The first-order valence-corrected chi connectivity index (χ1v) is 11.4. The van der Waals surface area contributed by atoms with Crippen LogP contribution < -0.4 is 10.0 Å². The van der Waals surface area contributed by atoms with Crippen molar-refractivity contribution in [1.29, 1.82) is 0 Å². The van der Waals surface area contributed by atoms with E-state index < -0.39 is 10.0 Å². The summed E-state index contributed by atoms with van der Waals surface area (Å²) in [6.45, 7) is 12.3. The third kappa shape index (κ3) is 6.05. The summed E-state index contributed by atoms with van der Waals surface area (Å²) in [4.78, 5) is 14.9. The first kappa shape index (κ1) is 22.9. The second kappa shape index (κ2) is 9.89. The number of sulfonamides is 1. The van der Waals surface area contributed by atoms with Crippen LogP contribution in [0.5, 0.6) is 0 Å². The van der Waals surface area contributed by atoms with Gasteiger partial charge in [-0.2, -0.15) is 0 Å². The minimum absolute atomic E-state index is 0.173. The van der Waals surface area contributed by atoms with Gasteiger partial charge in [-0.25, -0.2) is 8.42 Å². The highest BCUT2D eigenvalue weighted by molar-refractivity contribution is 7.92. The van der Waals surface area contributed by atoms with Gasteiger partial charge in [0.05, 0.1) is 4.90 Å². The van der Waals surface area contributed by atoms with E-state index >= 15 is 0 Å². The Labute approximate surface area is 174 Å². The van der Waals surface area contributed by atoms with E-state index in [2.05, 4.69) is 35.7 Å². The maximum Gasteiger partial charge on any atom is 0.262 e. The summed E-state index contributed by atoms with van der Waals surface area (Å²) in [5.74, 6) is -0.173. The molecule has 0 aliphatic rings. The lowest BCUT2D eigenvalue weighted by Gasteiger charge is -2.26. The molecular formula is C22H31N3O3S. The molecule has 0 spiro atoms. The van der Waals surface area contributed by atoms with Crippen molar-refractivity contribution in [2.24, 2.45) is 0 Å². The number of likely N-dealkylation sites (N-methyl/N-ethyl adjacent to an activating group) is 1. The molecule has 6 nitrogen and oxygen atoms in total. The fourth-order valence-corrected chi connectivity index (χ4v) is 4.60. The Bertz CT molecular complexity index is 936. The van der Waals surface area contributed by atoms with Crippen LogP contribution in [0.4, 0.5) is 5.69 Å². The maximum absolute atomic E-state index is 12.7. The van der Waals surface area contributed by atoms with E-state index in [0.717, 1.165) is 18.7 Å². The topological polar surface area (TPSA) is 78.5 Å². The molecule has 29 heavy (non-hydrogen) atoms. The first-order valence-electron chi connectivity index (χ1n) is 9.90. The fourth-order valence-electron chi connectivity index (χ4n) is 3.22. The number of aryl methyl sites for hydroxylation is 2. The summed E-state index contributed by atoms with van der Waals surface area (Å²) in [7, 11) is -3.69. The van der Waals surface area contributed by atoms with E-state index in [-0.39, 0.29) is 16.8 Å². The molecule has 2 aromatic rings. The zero-order chi connectivity index (χ0) is 21.6. The lowest BCUT2D eigenvalue weighted by Crippen LogP contribution is -2.42. The summed E-state index contributed by atoms with van der Waals surface area (Å²) in [6.07, 6.45) is 0. The second-order valence-electron chi connectivity index (χ2n) is 7.23. The van der Waals surface area contributed by atoms with Crippen LogP contribution in [-0.2, 0) is 10.0 Å². The molecule has 0 heterocycles. The van der Waals surface area contributed by atoms with Crippen molar-refractivity contribution in [3.63, 3.8) is 0 Å². The molecule has 0 radical (unpaired) electrons. The number of anilines is 1. The molecule has 0 saturated heterocycles. The normalized spacial score (nSPS) is 12.6. The molecule has 0 saturated carbocycles. The standard InChI is InChI=1S/C22H31N3O3S/c1-6-25(7-2)18(5)15-23-22(26)19-10-12-20(13-11-19)24-29(27,28)21-14-16(3)8-9-17(21)4/h8-14,18,24H,6-7,15H2,1-5H3,(H,23,26). The highest BCUT2D eigenvalue weighted by atomic mass is 32.2. The van der Waals surface area contributed by atoms with Crippen molar-refractivity contribution in [2.75, 3.05) is 24.4 Å². The average Bonchev–Trinajstić information content (AvgIpc) is 2.69. The van der Waals surface area contributed by atoms with Crippen LogP contribution in [-0.4, -0.2) is 44.9 Å². The molecular weight excluding hydrogens is 386 g/mol. The van der Waals surface area contributed by atoms with Crippen LogP contribution in [0.1, 0.15) is 42.3 Å². The van der Waals surface area contributed by atoms with Gasteiger partial charge < -0.3 is 5.32 Å². The van der Waals surface area contributed by atoms with Gasteiger partial charge in [0.2, 0.25) is 0 Å². The first-order chi connectivity index (χ1) is 13.7. The molecule has 2 rings (SSSR count). The number of amides is 1.